The lowest BCUT2D eigenvalue weighted by atomic mass is 10.1. The first-order valence-electron chi connectivity index (χ1n) is 8.53. The molecule has 5 nitrogen and oxygen atoms in total. The van der Waals surface area contributed by atoms with Crippen LogP contribution in [0.15, 0.2) is 6.07 Å². The number of thiophene rings is 1. The predicted octanol–water partition coefficient (Wildman–Crippen LogP) is 1.82. The molecule has 0 N–H and O–H groups in total. The largest absolute Gasteiger partial charge is 0.338 e. The second kappa shape index (κ2) is 7.01. The van der Waals surface area contributed by atoms with Gasteiger partial charge in [-0.2, -0.15) is 0 Å². The molecule has 126 valence electrons. The smallest absolute Gasteiger partial charge is 0.264 e. The number of hydrogen-bond acceptors (Lipinski definition) is 4. The maximum atomic E-state index is 12.7. The maximum Gasteiger partial charge on any atom is 0.264 e. The van der Waals surface area contributed by atoms with E-state index in [1.165, 1.54) is 10.4 Å². The highest BCUT2D eigenvalue weighted by atomic mass is 32.1. The molecule has 6 heteroatoms. The molecule has 0 spiro atoms. The van der Waals surface area contributed by atoms with Gasteiger partial charge in [-0.05, 0) is 24.6 Å². The third kappa shape index (κ3) is 3.43. The van der Waals surface area contributed by atoms with Crippen molar-refractivity contribution >= 4 is 23.2 Å². The fourth-order valence-electron chi connectivity index (χ4n) is 3.30. The average molecular weight is 335 g/mol. The molecule has 1 fully saturated rings. The molecule has 1 saturated heterocycles. The minimum atomic E-state index is 0.161. The van der Waals surface area contributed by atoms with E-state index in [9.17, 15) is 9.59 Å². The van der Waals surface area contributed by atoms with Gasteiger partial charge in [0, 0.05) is 50.6 Å². The van der Waals surface area contributed by atoms with Crippen LogP contribution in [0.2, 0.25) is 0 Å². The predicted molar refractivity (Wildman–Crippen MR) is 91.7 cm³/mol. The Hall–Kier alpha value is -1.40. The van der Waals surface area contributed by atoms with Gasteiger partial charge in [-0.25, -0.2) is 0 Å². The highest BCUT2D eigenvalue weighted by molar-refractivity contribution is 7.14. The molecule has 0 unspecified atom stereocenters. The third-order valence-electron chi connectivity index (χ3n) is 4.84. The van der Waals surface area contributed by atoms with Gasteiger partial charge in [-0.3, -0.25) is 9.59 Å². The Morgan fingerprint density at radius 2 is 1.83 bits per heavy atom. The summed E-state index contributed by atoms with van der Waals surface area (Å²) in [6.45, 7) is 10.1. The molecule has 3 rings (SSSR count). The van der Waals surface area contributed by atoms with Crippen molar-refractivity contribution in [1.29, 1.82) is 0 Å². The Balaban J connectivity index is 1.67. The van der Waals surface area contributed by atoms with Crippen LogP contribution in [0, 0.1) is 0 Å². The zero-order valence-corrected chi connectivity index (χ0v) is 14.8. The molecule has 2 amide bonds. The van der Waals surface area contributed by atoms with Gasteiger partial charge in [-0.1, -0.05) is 13.8 Å². The molecule has 3 heterocycles. The lowest BCUT2D eigenvalue weighted by Crippen LogP contribution is -2.48. The standard InChI is InChI=1S/C17H25N3O2S/c1-3-16(21)20-6-5-14-13(12-20)11-15(23-14)17(22)19-9-7-18(4-2)8-10-19/h11H,3-10,12H2,1-2H3. The van der Waals surface area contributed by atoms with E-state index in [0.29, 0.717) is 13.0 Å². The molecule has 0 saturated carbocycles. The molecule has 23 heavy (non-hydrogen) atoms. The van der Waals surface area contributed by atoms with E-state index in [0.717, 1.165) is 50.6 Å². The zero-order chi connectivity index (χ0) is 16.4. The Labute approximate surface area is 141 Å². The lowest BCUT2D eigenvalue weighted by Gasteiger charge is -2.33. The molecular formula is C17H25N3O2S. The minimum absolute atomic E-state index is 0.161. The monoisotopic (exact) mass is 335 g/mol. The van der Waals surface area contributed by atoms with E-state index in [4.69, 9.17) is 0 Å². The van der Waals surface area contributed by atoms with Gasteiger partial charge < -0.3 is 14.7 Å². The van der Waals surface area contributed by atoms with E-state index >= 15 is 0 Å². The van der Waals surface area contributed by atoms with Crippen LogP contribution < -0.4 is 0 Å². The highest BCUT2D eigenvalue weighted by Gasteiger charge is 2.26. The Kier molecular flexibility index (Phi) is 5.02. The van der Waals surface area contributed by atoms with Gasteiger partial charge in [0.2, 0.25) is 5.91 Å². The van der Waals surface area contributed by atoms with Crippen molar-refractivity contribution < 1.29 is 9.59 Å². The topological polar surface area (TPSA) is 43.9 Å². The first-order valence-corrected chi connectivity index (χ1v) is 9.35. The normalized spacial score (nSPS) is 18.9. The van der Waals surface area contributed by atoms with E-state index in [1.54, 1.807) is 11.3 Å². The summed E-state index contributed by atoms with van der Waals surface area (Å²) in [6.07, 6.45) is 1.43. The Morgan fingerprint density at radius 3 is 2.48 bits per heavy atom. The minimum Gasteiger partial charge on any atom is -0.338 e. The Bertz CT molecular complexity index is 591. The van der Waals surface area contributed by atoms with Gasteiger partial charge in [-0.15, -0.1) is 11.3 Å². The van der Waals surface area contributed by atoms with Crippen molar-refractivity contribution in [2.24, 2.45) is 0 Å². The number of fused-ring (bicyclic) bond motifs is 1. The summed E-state index contributed by atoms with van der Waals surface area (Å²) in [6, 6.07) is 2.02. The van der Waals surface area contributed by atoms with Crippen LogP contribution in [0.4, 0.5) is 0 Å². The second-order valence-corrected chi connectivity index (χ2v) is 7.34. The van der Waals surface area contributed by atoms with Crippen molar-refractivity contribution in [3.63, 3.8) is 0 Å². The number of amides is 2. The molecule has 0 bridgehead atoms. The summed E-state index contributed by atoms with van der Waals surface area (Å²) in [7, 11) is 0. The number of hydrogen-bond donors (Lipinski definition) is 0. The molecule has 0 aromatic carbocycles. The van der Waals surface area contributed by atoms with E-state index < -0.39 is 0 Å². The average Bonchev–Trinajstić information content (AvgIpc) is 3.03. The van der Waals surface area contributed by atoms with Crippen LogP contribution in [0.1, 0.15) is 40.4 Å². The number of piperazine rings is 1. The molecule has 2 aliphatic heterocycles. The summed E-state index contributed by atoms with van der Waals surface area (Å²) in [5.41, 5.74) is 1.17. The summed E-state index contributed by atoms with van der Waals surface area (Å²) in [5.74, 6) is 0.360. The van der Waals surface area contributed by atoms with Gasteiger partial charge >= 0.3 is 0 Å². The van der Waals surface area contributed by atoms with Gasteiger partial charge in [0.05, 0.1) is 4.88 Å². The van der Waals surface area contributed by atoms with Crippen molar-refractivity contribution in [3.05, 3.63) is 21.4 Å². The third-order valence-corrected chi connectivity index (χ3v) is 6.06. The van der Waals surface area contributed by atoms with Crippen molar-refractivity contribution in [1.82, 2.24) is 14.7 Å². The number of carbonyl (C=O) groups excluding carboxylic acids is 2. The van der Waals surface area contributed by atoms with Crippen LogP contribution in [0.3, 0.4) is 0 Å². The van der Waals surface area contributed by atoms with Gasteiger partial charge in [0.25, 0.3) is 5.91 Å². The zero-order valence-electron chi connectivity index (χ0n) is 14.0. The van der Waals surface area contributed by atoms with Crippen LogP contribution in [-0.2, 0) is 17.8 Å². The first kappa shape index (κ1) is 16.5. The molecule has 1 aromatic heterocycles. The molecule has 0 atom stereocenters. The maximum absolute atomic E-state index is 12.7. The van der Waals surface area contributed by atoms with Gasteiger partial charge in [0.1, 0.15) is 0 Å². The number of likely N-dealkylation sites (N-methyl/N-ethyl adjacent to an activating group) is 1. The van der Waals surface area contributed by atoms with Crippen LogP contribution >= 0.6 is 11.3 Å². The fourth-order valence-corrected chi connectivity index (χ4v) is 4.43. The van der Waals surface area contributed by atoms with Crippen LogP contribution in [0.25, 0.3) is 0 Å². The summed E-state index contributed by atoms with van der Waals surface area (Å²) in [4.78, 5) is 33.0. The molecule has 2 aliphatic rings. The number of nitrogens with zero attached hydrogens (tertiary/aromatic N) is 3. The molecule has 1 aromatic rings. The first-order chi connectivity index (χ1) is 11.1. The molecular weight excluding hydrogens is 310 g/mol. The summed E-state index contributed by atoms with van der Waals surface area (Å²) < 4.78 is 0. The Morgan fingerprint density at radius 1 is 1.09 bits per heavy atom. The molecule has 0 radical (unpaired) electrons. The van der Waals surface area contributed by atoms with Gasteiger partial charge in [0.15, 0.2) is 0 Å². The van der Waals surface area contributed by atoms with Crippen molar-refractivity contribution in [3.8, 4) is 0 Å². The second-order valence-electron chi connectivity index (χ2n) is 6.20. The lowest BCUT2D eigenvalue weighted by molar-refractivity contribution is -0.131. The van der Waals surface area contributed by atoms with Crippen LogP contribution in [0.5, 0.6) is 0 Å². The quantitative estimate of drug-likeness (QED) is 0.846. The number of carbonyl (C=O) groups is 2. The van der Waals surface area contributed by atoms with Crippen molar-refractivity contribution in [2.75, 3.05) is 39.3 Å². The SMILES string of the molecule is CCC(=O)N1CCc2sc(C(=O)N3CCN(CC)CC3)cc2C1. The fraction of sp³-hybridized carbons (Fsp3) is 0.647. The summed E-state index contributed by atoms with van der Waals surface area (Å²) >= 11 is 1.62. The van der Waals surface area contributed by atoms with E-state index in [2.05, 4.69) is 11.8 Å². The van der Waals surface area contributed by atoms with Crippen LogP contribution in [-0.4, -0.2) is 65.8 Å². The van der Waals surface area contributed by atoms with E-state index in [1.807, 2.05) is 22.8 Å². The van der Waals surface area contributed by atoms with E-state index in [-0.39, 0.29) is 11.8 Å². The molecule has 0 aliphatic carbocycles. The highest BCUT2D eigenvalue weighted by Crippen LogP contribution is 2.29. The number of rotatable bonds is 3. The summed E-state index contributed by atoms with van der Waals surface area (Å²) in [5, 5.41) is 0. The van der Waals surface area contributed by atoms with Crippen molar-refractivity contribution in [2.45, 2.75) is 33.2 Å².